The molecule has 0 bridgehead atoms. The maximum Gasteiger partial charge on any atom is 0.0695 e. The SMILES string of the molecule is CCC1CCC(O)C(N(CCOC)C(C)CC)C1. The molecule has 108 valence electrons. The molecular formula is C15H31NO2. The predicted molar refractivity (Wildman–Crippen MR) is 75.8 cm³/mol. The van der Waals surface area contributed by atoms with Crippen molar-refractivity contribution in [3.63, 3.8) is 0 Å². The summed E-state index contributed by atoms with van der Waals surface area (Å²) in [6, 6.07) is 0.851. The lowest BCUT2D eigenvalue weighted by Crippen LogP contribution is -2.51. The molecule has 0 aromatic carbocycles. The van der Waals surface area contributed by atoms with Gasteiger partial charge in [-0.1, -0.05) is 20.3 Å². The van der Waals surface area contributed by atoms with Crippen LogP contribution in [-0.2, 0) is 4.74 Å². The smallest absolute Gasteiger partial charge is 0.0695 e. The molecule has 3 nitrogen and oxygen atoms in total. The predicted octanol–water partition coefficient (Wildman–Crippen LogP) is 2.67. The first kappa shape index (κ1) is 15.9. The van der Waals surface area contributed by atoms with E-state index < -0.39 is 0 Å². The summed E-state index contributed by atoms with van der Waals surface area (Å²) in [7, 11) is 1.75. The zero-order valence-corrected chi connectivity index (χ0v) is 12.6. The Morgan fingerprint density at radius 1 is 1.33 bits per heavy atom. The fraction of sp³-hybridized carbons (Fsp3) is 1.00. The number of aliphatic hydroxyl groups is 1. The van der Waals surface area contributed by atoms with Gasteiger partial charge in [-0.25, -0.2) is 0 Å². The van der Waals surface area contributed by atoms with Crippen LogP contribution in [0.5, 0.6) is 0 Å². The van der Waals surface area contributed by atoms with Gasteiger partial charge in [0.25, 0.3) is 0 Å². The third-order valence-corrected chi connectivity index (χ3v) is 4.60. The minimum absolute atomic E-state index is 0.154. The number of hydrogen-bond acceptors (Lipinski definition) is 3. The fourth-order valence-corrected chi connectivity index (χ4v) is 3.09. The zero-order chi connectivity index (χ0) is 13.5. The third-order valence-electron chi connectivity index (χ3n) is 4.60. The molecule has 18 heavy (non-hydrogen) atoms. The van der Waals surface area contributed by atoms with Crippen molar-refractivity contribution < 1.29 is 9.84 Å². The molecule has 4 atom stereocenters. The first-order chi connectivity index (χ1) is 8.63. The number of hydrogen-bond donors (Lipinski definition) is 1. The third kappa shape index (κ3) is 4.22. The van der Waals surface area contributed by atoms with Gasteiger partial charge in [0, 0.05) is 25.7 Å². The number of nitrogens with zero attached hydrogens (tertiary/aromatic N) is 1. The molecule has 0 radical (unpaired) electrons. The largest absolute Gasteiger partial charge is 0.391 e. The quantitative estimate of drug-likeness (QED) is 0.761. The summed E-state index contributed by atoms with van der Waals surface area (Å²) in [5.41, 5.74) is 0. The molecule has 3 heteroatoms. The highest BCUT2D eigenvalue weighted by atomic mass is 16.5. The number of ether oxygens (including phenoxy) is 1. The average molecular weight is 257 g/mol. The summed E-state index contributed by atoms with van der Waals surface area (Å²) < 4.78 is 5.22. The van der Waals surface area contributed by atoms with Crippen molar-refractivity contribution in [2.24, 2.45) is 5.92 Å². The van der Waals surface area contributed by atoms with Crippen LogP contribution in [0.1, 0.15) is 52.9 Å². The maximum absolute atomic E-state index is 10.3. The van der Waals surface area contributed by atoms with Gasteiger partial charge in [-0.15, -0.1) is 0 Å². The first-order valence-electron chi connectivity index (χ1n) is 7.56. The Bertz CT molecular complexity index is 219. The highest BCUT2D eigenvalue weighted by Gasteiger charge is 2.34. The van der Waals surface area contributed by atoms with Crippen molar-refractivity contribution in [2.45, 2.75) is 71.1 Å². The second kappa shape index (κ2) is 8.13. The van der Waals surface area contributed by atoms with Gasteiger partial charge in [-0.05, 0) is 38.5 Å². The lowest BCUT2D eigenvalue weighted by molar-refractivity contribution is -0.0237. The Kier molecular flexibility index (Phi) is 7.20. The van der Waals surface area contributed by atoms with Crippen LogP contribution in [0.15, 0.2) is 0 Å². The van der Waals surface area contributed by atoms with Crippen LogP contribution in [0.4, 0.5) is 0 Å². The van der Waals surface area contributed by atoms with Crippen molar-refractivity contribution in [1.82, 2.24) is 4.90 Å². The minimum Gasteiger partial charge on any atom is -0.391 e. The Hall–Kier alpha value is -0.120. The van der Waals surface area contributed by atoms with Crippen LogP contribution in [0.3, 0.4) is 0 Å². The van der Waals surface area contributed by atoms with Crippen LogP contribution < -0.4 is 0 Å². The van der Waals surface area contributed by atoms with E-state index in [9.17, 15) is 5.11 Å². The number of aliphatic hydroxyl groups excluding tert-OH is 1. The first-order valence-corrected chi connectivity index (χ1v) is 7.56. The van der Waals surface area contributed by atoms with E-state index in [1.807, 2.05) is 0 Å². The van der Waals surface area contributed by atoms with E-state index in [0.717, 1.165) is 38.3 Å². The zero-order valence-electron chi connectivity index (χ0n) is 12.6. The van der Waals surface area contributed by atoms with Gasteiger partial charge in [0.05, 0.1) is 12.7 Å². The van der Waals surface area contributed by atoms with Crippen LogP contribution >= 0.6 is 0 Å². The van der Waals surface area contributed by atoms with Crippen LogP contribution in [-0.4, -0.2) is 48.5 Å². The normalized spacial score (nSPS) is 30.7. The highest BCUT2D eigenvalue weighted by molar-refractivity contribution is 4.88. The van der Waals surface area contributed by atoms with Gasteiger partial charge in [-0.2, -0.15) is 0 Å². The molecule has 0 heterocycles. The lowest BCUT2D eigenvalue weighted by atomic mass is 9.81. The van der Waals surface area contributed by atoms with Crippen molar-refractivity contribution in [1.29, 1.82) is 0 Å². The summed E-state index contributed by atoms with van der Waals surface area (Å²) in [6.45, 7) is 8.44. The summed E-state index contributed by atoms with van der Waals surface area (Å²) >= 11 is 0. The fourth-order valence-electron chi connectivity index (χ4n) is 3.09. The van der Waals surface area contributed by atoms with Gasteiger partial charge in [0.2, 0.25) is 0 Å². The van der Waals surface area contributed by atoms with Gasteiger partial charge in [-0.3, -0.25) is 4.90 Å². The molecule has 1 fully saturated rings. The lowest BCUT2D eigenvalue weighted by Gasteiger charge is -2.43. The van der Waals surface area contributed by atoms with E-state index >= 15 is 0 Å². The standard InChI is InChI=1S/C15H31NO2/c1-5-12(3)16(9-10-18-4)14-11-13(6-2)7-8-15(14)17/h12-15,17H,5-11H2,1-4H3. The van der Waals surface area contributed by atoms with E-state index in [0.29, 0.717) is 12.1 Å². The van der Waals surface area contributed by atoms with Crippen molar-refractivity contribution >= 4 is 0 Å². The molecule has 1 aliphatic carbocycles. The van der Waals surface area contributed by atoms with Gasteiger partial charge in [0.15, 0.2) is 0 Å². The van der Waals surface area contributed by atoms with Crippen LogP contribution in [0.2, 0.25) is 0 Å². The molecule has 0 aromatic rings. The minimum atomic E-state index is -0.154. The molecule has 0 saturated heterocycles. The molecule has 0 aromatic heterocycles. The van der Waals surface area contributed by atoms with Gasteiger partial charge in [0.1, 0.15) is 0 Å². The molecule has 1 aliphatic rings. The van der Waals surface area contributed by atoms with E-state index in [4.69, 9.17) is 4.74 Å². The molecule has 0 amide bonds. The molecule has 1 rings (SSSR count). The van der Waals surface area contributed by atoms with E-state index in [1.54, 1.807) is 7.11 Å². The Balaban J connectivity index is 2.68. The van der Waals surface area contributed by atoms with Crippen molar-refractivity contribution in [3.05, 3.63) is 0 Å². The Morgan fingerprint density at radius 2 is 2.06 bits per heavy atom. The molecule has 1 N–H and O–H groups in total. The van der Waals surface area contributed by atoms with Crippen LogP contribution in [0.25, 0.3) is 0 Å². The highest BCUT2D eigenvalue weighted by Crippen LogP contribution is 2.31. The molecular weight excluding hydrogens is 226 g/mol. The number of rotatable bonds is 7. The van der Waals surface area contributed by atoms with Crippen LogP contribution in [0, 0.1) is 5.92 Å². The number of methoxy groups -OCH3 is 1. The summed E-state index contributed by atoms with van der Waals surface area (Å²) in [6.07, 6.45) is 5.51. The Morgan fingerprint density at radius 3 is 2.61 bits per heavy atom. The summed E-state index contributed by atoms with van der Waals surface area (Å²) in [4.78, 5) is 2.47. The molecule has 1 saturated carbocycles. The van der Waals surface area contributed by atoms with E-state index in [1.165, 1.54) is 12.8 Å². The molecule has 4 unspecified atom stereocenters. The summed E-state index contributed by atoms with van der Waals surface area (Å²) in [5, 5.41) is 10.3. The summed E-state index contributed by atoms with van der Waals surface area (Å²) in [5.74, 6) is 0.785. The topological polar surface area (TPSA) is 32.7 Å². The Labute approximate surface area is 113 Å². The van der Waals surface area contributed by atoms with Crippen molar-refractivity contribution in [3.8, 4) is 0 Å². The van der Waals surface area contributed by atoms with E-state index in [2.05, 4.69) is 25.7 Å². The maximum atomic E-state index is 10.3. The average Bonchev–Trinajstić information content (AvgIpc) is 2.40. The van der Waals surface area contributed by atoms with Gasteiger partial charge < -0.3 is 9.84 Å². The second-order valence-corrected chi connectivity index (χ2v) is 5.71. The second-order valence-electron chi connectivity index (χ2n) is 5.71. The monoisotopic (exact) mass is 257 g/mol. The van der Waals surface area contributed by atoms with E-state index in [-0.39, 0.29) is 6.10 Å². The molecule has 0 spiro atoms. The van der Waals surface area contributed by atoms with Crippen molar-refractivity contribution in [2.75, 3.05) is 20.3 Å². The molecule has 0 aliphatic heterocycles. The van der Waals surface area contributed by atoms with Gasteiger partial charge >= 0.3 is 0 Å².